The van der Waals surface area contributed by atoms with E-state index in [4.69, 9.17) is 4.74 Å². The second-order valence-corrected chi connectivity index (χ2v) is 4.72. The number of alkyl carbamates (subject to hydrolysis) is 1. The summed E-state index contributed by atoms with van der Waals surface area (Å²) in [5.41, 5.74) is -0.466. The molecule has 0 unspecified atom stereocenters. The van der Waals surface area contributed by atoms with Crippen molar-refractivity contribution in [2.45, 2.75) is 40.2 Å². The van der Waals surface area contributed by atoms with E-state index in [2.05, 4.69) is 20.9 Å². The second-order valence-electron chi connectivity index (χ2n) is 4.72. The van der Waals surface area contributed by atoms with Crippen LogP contribution in [0.25, 0.3) is 0 Å². The largest absolute Gasteiger partial charge is 0.444 e. The summed E-state index contributed by atoms with van der Waals surface area (Å²) in [5, 5.41) is 8.86. The highest BCUT2D eigenvalue weighted by Gasteiger charge is 2.15. The molecule has 114 valence electrons. The number of guanidine groups is 1. The molecule has 19 heavy (non-hydrogen) atoms. The van der Waals surface area contributed by atoms with E-state index in [9.17, 15) is 4.79 Å². The van der Waals surface area contributed by atoms with Crippen molar-refractivity contribution in [3.63, 3.8) is 0 Å². The monoisotopic (exact) mass is 386 g/mol. The molecule has 0 aromatic heterocycles. The number of ether oxygens (including phenoxy) is 1. The number of hydrogen-bond donors (Lipinski definition) is 3. The van der Waals surface area contributed by atoms with E-state index in [0.29, 0.717) is 13.1 Å². The van der Waals surface area contributed by atoms with Gasteiger partial charge < -0.3 is 20.7 Å². The summed E-state index contributed by atoms with van der Waals surface area (Å²) in [7, 11) is 0. The Morgan fingerprint density at radius 2 is 1.63 bits per heavy atom. The first-order valence-electron chi connectivity index (χ1n) is 6.38. The molecule has 0 atom stereocenters. The Morgan fingerprint density at radius 3 is 2.05 bits per heavy atom. The van der Waals surface area contributed by atoms with E-state index in [1.54, 1.807) is 0 Å². The van der Waals surface area contributed by atoms with Crippen LogP contribution in [0.1, 0.15) is 34.6 Å². The summed E-state index contributed by atoms with van der Waals surface area (Å²) in [6.45, 7) is 12.1. The standard InChI is InChI=1S/C12H26N4O2.HI/c1-6-13-10(14-7-2)15-8-9-16-11(17)18-12(3,4)5;/h6-9H2,1-5H3,(H,16,17)(H2,13,14,15);1H. The lowest BCUT2D eigenvalue weighted by molar-refractivity contribution is 0.0529. The van der Waals surface area contributed by atoms with Gasteiger partial charge in [0.1, 0.15) is 5.60 Å². The van der Waals surface area contributed by atoms with E-state index < -0.39 is 11.7 Å². The topological polar surface area (TPSA) is 74.8 Å². The molecule has 0 aliphatic carbocycles. The molecule has 0 bridgehead atoms. The molecule has 7 heteroatoms. The SMILES string of the molecule is CCNC(=NCCNC(=O)OC(C)(C)C)NCC.I. The van der Waals surface area contributed by atoms with Gasteiger partial charge in [-0.05, 0) is 34.6 Å². The summed E-state index contributed by atoms with van der Waals surface area (Å²) < 4.78 is 5.11. The van der Waals surface area contributed by atoms with Crippen molar-refractivity contribution in [3.05, 3.63) is 0 Å². The lowest BCUT2D eigenvalue weighted by Gasteiger charge is -2.19. The third-order valence-electron chi connectivity index (χ3n) is 1.74. The maximum Gasteiger partial charge on any atom is 0.407 e. The van der Waals surface area contributed by atoms with Crippen LogP contribution in [-0.4, -0.2) is 43.8 Å². The van der Waals surface area contributed by atoms with Gasteiger partial charge in [0.05, 0.1) is 6.54 Å². The van der Waals surface area contributed by atoms with Crippen LogP contribution >= 0.6 is 24.0 Å². The van der Waals surface area contributed by atoms with Crippen molar-refractivity contribution in [2.75, 3.05) is 26.2 Å². The minimum absolute atomic E-state index is 0. The van der Waals surface area contributed by atoms with E-state index in [0.717, 1.165) is 19.0 Å². The third kappa shape index (κ3) is 13.5. The van der Waals surface area contributed by atoms with Gasteiger partial charge in [0.25, 0.3) is 0 Å². The van der Waals surface area contributed by atoms with E-state index in [1.807, 2.05) is 34.6 Å². The van der Waals surface area contributed by atoms with Crippen LogP contribution < -0.4 is 16.0 Å². The minimum Gasteiger partial charge on any atom is -0.444 e. The Kier molecular flexibility index (Phi) is 12.1. The van der Waals surface area contributed by atoms with Crippen molar-refractivity contribution in [1.82, 2.24) is 16.0 Å². The predicted molar refractivity (Wildman–Crippen MR) is 89.3 cm³/mol. The van der Waals surface area contributed by atoms with E-state index >= 15 is 0 Å². The van der Waals surface area contributed by atoms with Gasteiger partial charge in [-0.15, -0.1) is 24.0 Å². The molecule has 0 rings (SSSR count). The molecule has 3 N–H and O–H groups in total. The molecule has 0 aliphatic rings. The number of nitrogens with one attached hydrogen (secondary N) is 3. The number of carbonyl (C=O) groups is 1. The first-order chi connectivity index (χ1) is 8.39. The third-order valence-corrected chi connectivity index (χ3v) is 1.74. The quantitative estimate of drug-likeness (QED) is 0.291. The van der Waals surface area contributed by atoms with Crippen LogP contribution in [0, 0.1) is 0 Å². The Labute approximate surface area is 133 Å². The molecule has 1 amide bonds. The lowest BCUT2D eigenvalue weighted by Crippen LogP contribution is -2.38. The van der Waals surface area contributed by atoms with E-state index in [1.165, 1.54) is 0 Å². The summed E-state index contributed by atoms with van der Waals surface area (Å²) in [5.74, 6) is 0.756. The number of nitrogens with zero attached hydrogens (tertiary/aromatic N) is 1. The predicted octanol–water partition coefficient (Wildman–Crippen LogP) is 1.70. The zero-order valence-electron chi connectivity index (χ0n) is 12.5. The molecule has 0 radical (unpaired) electrons. The fourth-order valence-electron chi connectivity index (χ4n) is 1.15. The number of rotatable bonds is 5. The Morgan fingerprint density at radius 1 is 1.11 bits per heavy atom. The summed E-state index contributed by atoms with van der Waals surface area (Å²) >= 11 is 0. The van der Waals surface area contributed by atoms with Gasteiger partial charge in [-0.25, -0.2) is 4.79 Å². The van der Waals surface area contributed by atoms with Crippen molar-refractivity contribution >= 4 is 36.0 Å². The van der Waals surface area contributed by atoms with Crippen LogP contribution in [0.15, 0.2) is 4.99 Å². The van der Waals surface area contributed by atoms with Gasteiger partial charge in [-0.2, -0.15) is 0 Å². The Hall–Kier alpha value is -0.730. The Balaban J connectivity index is 0. The van der Waals surface area contributed by atoms with Crippen LogP contribution in [0.5, 0.6) is 0 Å². The summed E-state index contributed by atoms with van der Waals surface area (Å²) in [6.07, 6.45) is -0.411. The van der Waals surface area contributed by atoms with Crippen LogP contribution in [0.3, 0.4) is 0 Å². The van der Waals surface area contributed by atoms with Crippen molar-refractivity contribution < 1.29 is 9.53 Å². The number of hydrogen-bond acceptors (Lipinski definition) is 3. The van der Waals surface area contributed by atoms with Gasteiger partial charge in [0, 0.05) is 19.6 Å². The maximum absolute atomic E-state index is 11.3. The highest BCUT2D eigenvalue weighted by atomic mass is 127. The molecule has 0 spiro atoms. The van der Waals surface area contributed by atoms with Gasteiger partial charge in [0.2, 0.25) is 0 Å². The molecule has 0 heterocycles. The maximum atomic E-state index is 11.3. The molecule has 0 aromatic rings. The van der Waals surface area contributed by atoms with Crippen LogP contribution in [0.2, 0.25) is 0 Å². The van der Waals surface area contributed by atoms with Gasteiger partial charge in [0.15, 0.2) is 5.96 Å². The number of amides is 1. The number of carbonyl (C=O) groups excluding carboxylic acids is 1. The van der Waals surface area contributed by atoms with Gasteiger partial charge >= 0.3 is 6.09 Å². The fourth-order valence-corrected chi connectivity index (χ4v) is 1.15. The average Bonchev–Trinajstić information content (AvgIpc) is 2.22. The molecule has 0 saturated heterocycles. The fraction of sp³-hybridized carbons (Fsp3) is 0.833. The van der Waals surface area contributed by atoms with E-state index in [-0.39, 0.29) is 24.0 Å². The normalized spacial score (nSPS) is 9.95. The van der Waals surface area contributed by atoms with Crippen LogP contribution in [-0.2, 0) is 4.74 Å². The molecule has 0 saturated carbocycles. The first-order valence-corrected chi connectivity index (χ1v) is 6.38. The smallest absolute Gasteiger partial charge is 0.407 e. The van der Waals surface area contributed by atoms with Gasteiger partial charge in [-0.1, -0.05) is 0 Å². The van der Waals surface area contributed by atoms with Crippen LogP contribution in [0.4, 0.5) is 4.79 Å². The molecular weight excluding hydrogens is 359 g/mol. The van der Waals surface area contributed by atoms with Crippen molar-refractivity contribution in [3.8, 4) is 0 Å². The van der Waals surface area contributed by atoms with Crippen molar-refractivity contribution in [2.24, 2.45) is 4.99 Å². The second kappa shape index (κ2) is 11.1. The Bertz CT molecular complexity index is 269. The van der Waals surface area contributed by atoms with Gasteiger partial charge in [-0.3, -0.25) is 4.99 Å². The summed E-state index contributed by atoms with van der Waals surface area (Å²) in [6, 6.07) is 0. The highest BCUT2D eigenvalue weighted by molar-refractivity contribution is 14.0. The molecule has 6 nitrogen and oxygen atoms in total. The average molecular weight is 386 g/mol. The number of aliphatic imine (C=N–C) groups is 1. The molecular formula is C12H27IN4O2. The molecule has 0 fully saturated rings. The number of halogens is 1. The van der Waals surface area contributed by atoms with Crippen molar-refractivity contribution in [1.29, 1.82) is 0 Å². The minimum atomic E-state index is -0.466. The lowest BCUT2D eigenvalue weighted by atomic mass is 10.2. The molecule has 0 aromatic carbocycles. The zero-order chi connectivity index (χ0) is 14.0. The molecule has 0 aliphatic heterocycles. The highest BCUT2D eigenvalue weighted by Crippen LogP contribution is 2.05. The zero-order valence-corrected chi connectivity index (χ0v) is 14.8. The first kappa shape index (κ1) is 20.6. The summed E-state index contributed by atoms with van der Waals surface area (Å²) in [4.78, 5) is 15.6.